The normalized spacial score (nSPS) is 12.9. The van der Waals surface area contributed by atoms with E-state index < -0.39 is 0 Å². The van der Waals surface area contributed by atoms with Crippen LogP contribution in [0.5, 0.6) is 5.75 Å². The lowest BCUT2D eigenvalue weighted by Gasteiger charge is -2.25. The zero-order valence-electron chi connectivity index (χ0n) is 15.3. The number of nitrogens with two attached hydrogens (primary N) is 1. The summed E-state index contributed by atoms with van der Waals surface area (Å²) in [4.78, 5) is 6.64. The average Bonchev–Trinajstić information content (AvgIpc) is 2.63. The maximum atomic E-state index is 6.02. The van der Waals surface area contributed by atoms with E-state index in [9.17, 15) is 0 Å². The van der Waals surface area contributed by atoms with Crippen LogP contribution in [0.2, 0.25) is 0 Å². The molecule has 0 aliphatic heterocycles. The van der Waals surface area contributed by atoms with Crippen molar-refractivity contribution in [3.8, 4) is 5.75 Å². The number of hydrogen-bond donors (Lipinski definition) is 2. The van der Waals surface area contributed by atoms with E-state index in [2.05, 4.69) is 33.4 Å². The standard InChI is InChI=1S/C20H28N4O/c1-24(2)18(17-11-7-8-12-19(17)25-3)15-23-20(21)22-14-13-16-9-5-4-6-10-16/h4-12,18H,13-15H2,1-3H3,(H3,21,22,23). The third-order valence-electron chi connectivity index (χ3n) is 4.12. The Morgan fingerprint density at radius 2 is 1.80 bits per heavy atom. The van der Waals surface area contributed by atoms with Crippen molar-refractivity contribution in [3.05, 3.63) is 65.7 Å². The Hall–Kier alpha value is -2.53. The molecular weight excluding hydrogens is 312 g/mol. The van der Waals surface area contributed by atoms with Crippen LogP contribution in [0.4, 0.5) is 0 Å². The largest absolute Gasteiger partial charge is 0.496 e. The van der Waals surface area contributed by atoms with Crippen LogP contribution in [-0.4, -0.2) is 45.2 Å². The van der Waals surface area contributed by atoms with Crippen LogP contribution in [-0.2, 0) is 6.42 Å². The molecule has 1 atom stereocenters. The summed E-state index contributed by atoms with van der Waals surface area (Å²) in [7, 11) is 5.76. The molecule has 0 aliphatic rings. The van der Waals surface area contributed by atoms with E-state index in [1.807, 2.05) is 50.5 Å². The van der Waals surface area contributed by atoms with E-state index in [1.54, 1.807) is 7.11 Å². The van der Waals surface area contributed by atoms with Gasteiger partial charge in [-0.05, 0) is 32.1 Å². The quantitative estimate of drug-likeness (QED) is 0.572. The zero-order chi connectivity index (χ0) is 18.1. The second kappa shape index (κ2) is 9.69. The summed E-state index contributed by atoms with van der Waals surface area (Å²) in [5.41, 5.74) is 8.41. The van der Waals surface area contributed by atoms with Crippen LogP contribution in [0.3, 0.4) is 0 Å². The van der Waals surface area contributed by atoms with E-state index in [0.717, 1.165) is 24.3 Å². The first kappa shape index (κ1) is 18.8. The van der Waals surface area contributed by atoms with Gasteiger partial charge in [-0.15, -0.1) is 0 Å². The molecule has 134 valence electrons. The molecule has 0 amide bonds. The van der Waals surface area contributed by atoms with Crippen molar-refractivity contribution in [3.63, 3.8) is 0 Å². The van der Waals surface area contributed by atoms with Crippen molar-refractivity contribution in [2.24, 2.45) is 10.7 Å². The molecule has 25 heavy (non-hydrogen) atoms. The number of nitrogens with zero attached hydrogens (tertiary/aromatic N) is 2. The number of methoxy groups -OCH3 is 1. The highest BCUT2D eigenvalue weighted by Crippen LogP contribution is 2.27. The first-order valence-corrected chi connectivity index (χ1v) is 8.49. The topological polar surface area (TPSA) is 62.9 Å². The first-order chi connectivity index (χ1) is 12.1. The van der Waals surface area contributed by atoms with Gasteiger partial charge in [-0.3, -0.25) is 4.99 Å². The fourth-order valence-corrected chi connectivity index (χ4v) is 2.70. The minimum atomic E-state index is 0.102. The Bertz CT molecular complexity index is 670. The Morgan fingerprint density at radius 3 is 2.48 bits per heavy atom. The number of guanidine groups is 1. The Balaban J connectivity index is 1.94. The van der Waals surface area contributed by atoms with Gasteiger partial charge < -0.3 is 20.7 Å². The van der Waals surface area contributed by atoms with Crippen molar-refractivity contribution in [2.45, 2.75) is 12.5 Å². The van der Waals surface area contributed by atoms with Crippen molar-refractivity contribution in [2.75, 3.05) is 34.3 Å². The van der Waals surface area contributed by atoms with Crippen LogP contribution in [0.25, 0.3) is 0 Å². The monoisotopic (exact) mass is 340 g/mol. The molecule has 0 aliphatic carbocycles. The van der Waals surface area contributed by atoms with Crippen LogP contribution in [0.15, 0.2) is 59.6 Å². The number of aliphatic imine (C=N–C) groups is 1. The van der Waals surface area contributed by atoms with E-state index in [1.165, 1.54) is 5.56 Å². The minimum absolute atomic E-state index is 0.102. The molecule has 0 fully saturated rings. The molecule has 0 saturated carbocycles. The molecule has 2 aromatic carbocycles. The van der Waals surface area contributed by atoms with Gasteiger partial charge in [0.1, 0.15) is 5.75 Å². The van der Waals surface area contributed by atoms with E-state index in [4.69, 9.17) is 10.5 Å². The fraction of sp³-hybridized carbons (Fsp3) is 0.350. The van der Waals surface area contributed by atoms with Crippen LogP contribution in [0, 0.1) is 0 Å². The van der Waals surface area contributed by atoms with Crippen molar-refractivity contribution in [1.82, 2.24) is 10.2 Å². The number of benzene rings is 2. The van der Waals surface area contributed by atoms with Crippen LogP contribution < -0.4 is 15.8 Å². The molecular formula is C20H28N4O. The van der Waals surface area contributed by atoms with Gasteiger partial charge in [0, 0.05) is 12.1 Å². The van der Waals surface area contributed by atoms with Crippen molar-refractivity contribution >= 4 is 5.96 Å². The van der Waals surface area contributed by atoms with Gasteiger partial charge in [0.05, 0.1) is 19.7 Å². The van der Waals surface area contributed by atoms with Crippen LogP contribution in [0.1, 0.15) is 17.2 Å². The molecule has 0 radical (unpaired) electrons. The molecule has 0 aromatic heterocycles. The summed E-state index contributed by atoms with van der Waals surface area (Å²) in [6.45, 7) is 1.33. The maximum Gasteiger partial charge on any atom is 0.188 e. The molecule has 1 unspecified atom stereocenters. The third-order valence-corrected chi connectivity index (χ3v) is 4.12. The molecule has 2 rings (SSSR count). The number of likely N-dealkylation sites (N-methyl/N-ethyl adjacent to an activating group) is 1. The molecule has 5 nitrogen and oxygen atoms in total. The number of rotatable bonds is 8. The summed E-state index contributed by atoms with van der Waals surface area (Å²) in [5, 5.41) is 3.18. The van der Waals surface area contributed by atoms with Gasteiger partial charge in [-0.1, -0.05) is 48.5 Å². The molecule has 0 heterocycles. The molecule has 0 spiro atoms. The highest BCUT2D eigenvalue weighted by Gasteiger charge is 2.17. The van der Waals surface area contributed by atoms with E-state index >= 15 is 0 Å². The van der Waals surface area contributed by atoms with Gasteiger partial charge >= 0.3 is 0 Å². The van der Waals surface area contributed by atoms with Gasteiger partial charge in [0.25, 0.3) is 0 Å². The van der Waals surface area contributed by atoms with Gasteiger partial charge in [-0.2, -0.15) is 0 Å². The summed E-state index contributed by atoms with van der Waals surface area (Å²) >= 11 is 0. The van der Waals surface area contributed by atoms with Crippen molar-refractivity contribution < 1.29 is 4.74 Å². The highest BCUT2D eigenvalue weighted by molar-refractivity contribution is 5.77. The van der Waals surface area contributed by atoms with Crippen molar-refractivity contribution in [1.29, 1.82) is 0 Å². The Labute approximate surface area is 150 Å². The zero-order valence-corrected chi connectivity index (χ0v) is 15.3. The molecule has 0 bridgehead atoms. The second-order valence-corrected chi connectivity index (χ2v) is 6.11. The number of hydrogen-bond acceptors (Lipinski definition) is 3. The summed E-state index contributed by atoms with van der Waals surface area (Å²) in [5.74, 6) is 1.34. The number of nitrogens with one attached hydrogen (secondary N) is 1. The molecule has 2 aromatic rings. The predicted octanol–water partition coefficient (Wildman–Crippen LogP) is 2.44. The predicted molar refractivity (Wildman–Crippen MR) is 104 cm³/mol. The van der Waals surface area contributed by atoms with E-state index in [0.29, 0.717) is 12.5 Å². The lowest BCUT2D eigenvalue weighted by molar-refractivity contribution is 0.295. The fourth-order valence-electron chi connectivity index (χ4n) is 2.70. The summed E-state index contributed by atoms with van der Waals surface area (Å²) < 4.78 is 5.48. The lowest BCUT2D eigenvalue weighted by atomic mass is 10.0. The number of ether oxygens (including phenoxy) is 1. The highest BCUT2D eigenvalue weighted by atomic mass is 16.5. The second-order valence-electron chi connectivity index (χ2n) is 6.11. The Morgan fingerprint density at radius 1 is 1.12 bits per heavy atom. The minimum Gasteiger partial charge on any atom is -0.496 e. The molecule has 3 N–H and O–H groups in total. The third kappa shape index (κ3) is 5.80. The average molecular weight is 340 g/mol. The van der Waals surface area contributed by atoms with Gasteiger partial charge in [0.15, 0.2) is 5.96 Å². The molecule has 0 saturated heterocycles. The SMILES string of the molecule is COc1ccccc1C(CN=C(N)NCCc1ccccc1)N(C)C. The number of para-hydroxylation sites is 1. The van der Waals surface area contributed by atoms with E-state index in [-0.39, 0.29) is 6.04 Å². The molecule has 5 heteroatoms. The first-order valence-electron chi connectivity index (χ1n) is 8.49. The smallest absolute Gasteiger partial charge is 0.188 e. The summed E-state index contributed by atoms with van der Waals surface area (Å²) in [6, 6.07) is 18.4. The van der Waals surface area contributed by atoms with Gasteiger partial charge in [0.2, 0.25) is 0 Å². The Kier molecular flexibility index (Phi) is 7.29. The lowest BCUT2D eigenvalue weighted by Crippen LogP contribution is -2.34. The summed E-state index contributed by atoms with van der Waals surface area (Å²) in [6.07, 6.45) is 0.917. The van der Waals surface area contributed by atoms with Crippen LogP contribution >= 0.6 is 0 Å². The van der Waals surface area contributed by atoms with Gasteiger partial charge in [-0.25, -0.2) is 0 Å². The maximum absolute atomic E-state index is 6.02.